The molecule has 0 atom stereocenters. The van der Waals surface area contributed by atoms with Crippen molar-refractivity contribution in [1.29, 1.82) is 0 Å². The van der Waals surface area contributed by atoms with Gasteiger partial charge in [0.05, 0.1) is 8.95 Å². The lowest BCUT2D eigenvalue weighted by Gasteiger charge is -2.03. The molecule has 0 aromatic heterocycles. The lowest BCUT2D eigenvalue weighted by atomic mass is 10.2. The Balaban J connectivity index is 2.40. The zero-order valence-electron chi connectivity index (χ0n) is 8.25. The van der Waals surface area contributed by atoms with Crippen molar-refractivity contribution >= 4 is 61.2 Å². The molecule has 88 valence electrons. The number of nitrogens with one attached hydrogen (secondary N) is 2. The van der Waals surface area contributed by atoms with Crippen LogP contribution in [0.5, 0.6) is 5.75 Å². The molecular weight excluding hydrogens is 372 g/mol. The fourth-order valence-corrected chi connectivity index (χ4v) is 2.74. The molecule has 4 nitrogen and oxygen atoms in total. The standard InChI is InChI=1S/C10H6Br2N2O2S/c11-5-1-4(2-6(12)8(5)15)3-7-9(16)14-10(17)13-7/h1-3,15H,(H2,13,14,16,17). The van der Waals surface area contributed by atoms with Crippen LogP contribution in [0.2, 0.25) is 0 Å². The normalized spacial score (nSPS) is 17.2. The minimum atomic E-state index is -0.268. The van der Waals surface area contributed by atoms with E-state index in [1.807, 2.05) is 0 Å². The van der Waals surface area contributed by atoms with E-state index in [1.54, 1.807) is 18.2 Å². The molecule has 17 heavy (non-hydrogen) atoms. The molecule has 1 amide bonds. The van der Waals surface area contributed by atoms with Gasteiger partial charge in [0.1, 0.15) is 11.4 Å². The van der Waals surface area contributed by atoms with Crippen LogP contribution in [0.15, 0.2) is 26.8 Å². The van der Waals surface area contributed by atoms with Crippen molar-refractivity contribution in [2.45, 2.75) is 0 Å². The molecule has 0 aliphatic carbocycles. The average molecular weight is 378 g/mol. The van der Waals surface area contributed by atoms with Gasteiger partial charge in [0.15, 0.2) is 5.11 Å². The quantitative estimate of drug-likeness (QED) is 0.519. The van der Waals surface area contributed by atoms with Crippen molar-refractivity contribution in [3.05, 3.63) is 32.3 Å². The summed E-state index contributed by atoms with van der Waals surface area (Å²) in [5.41, 5.74) is 1.13. The number of hydrogen-bond donors (Lipinski definition) is 3. The number of carbonyl (C=O) groups is 1. The molecule has 1 saturated heterocycles. The van der Waals surface area contributed by atoms with Crippen molar-refractivity contribution in [2.75, 3.05) is 0 Å². The van der Waals surface area contributed by atoms with Gasteiger partial charge in [-0.05, 0) is 67.8 Å². The van der Waals surface area contributed by atoms with Gasteiger partial charge in [0.2, 0.25) is 0 Å². The summed E-state index contributed by atoms with van der Waals surface area (Å²) in [7, 11) is 0. The third-order valence-electron chi connectivity index (χ3n) is 2.07. The van der Waals surface area contributed by atoms with Crippen LogP contribution in [0, 0.1) is 0 Å². The molecule has 1 aromatic carbocycles. The number of rotatable bonds is 1. The molecule has 0 saturated carbocycles. The van der Waals surface area contributed by atoms with E-state index in [-0.39, 0.29) is 16.8 Å². The maximum absolute atomic E-state index is 11.4. The fourth-order valence-electron chi connectivity index (χ4n) is 1.32. The molecular formula is C10H6Br2N2O2S. The Bertz CT molecular complexity index is 534. The molecule has 1 heterocycles. The third-order valence-corrected chi connectivity index (χ3v) is 3.48. The maximum atomic E-state index is 11.4. The first-order chi connectivity index (χ1) is 7.97. The minimum absolute atomic E-state index is 0.117. The van der Waals surface area contributed by atoms with Crippen molar-refractivity contribution in [3.63, 3.8) is 0 Å². The van der Waals surface area contributed by atoms with E-state index in [1.165, 1.54) is 0 Å². The molecule has 7 heteroatoms. The number of halogens is 2. The van der Waals surface area contributed by atoms with Gasteiger partial charge in [-0.15, -0.1) is 0 Å². The molecule has 1 fully saturated rings. The van der Waals surface area contributed by atoms with Gasteiger partial charge in [-0.1, -0.05) is 0 Å². The summed E-state index contributed by atoms with van der Waals surface area (Å²) < 4.78 is 1.08. The highest BCUT2D eigenvalue weighted by molar-refractivity contribution is 9.11. The Morgan fingerprint density at radius 3 is 2.29 bits per heavy atom. The van der Waals surface area contributed by atoms with Crippen LogP contribution in [0.3, 0.4) is 0 Å². The molecule has 2 rings (SSSR count). The number of thiocarbonyl (C=S) groups is 1. The van der Waals surface area contributed by atoms with E-state index >= 15 is 0 Å². The second-order valence-corrected chi connectivity index (χ2v) is 5.42. The van der Waals surface area contributed by atoms with E-state index in [9.17, 15) is 9.90 Å². The maximum Gasteiger partial charge on any atom is 0.273 e. The second-order valence-electron chi connectivity index (χ2n) is 3.30. The Labute approximate surface area is 119 Å². The number of aromatic hydroxyl groups is 1. The molecule has 1 aromatic rings. The van der Waals surface area contributed by atoms with E-state index in [4.69, 9.17) is 12.2 Å². The molecule has 3 N–H and O–H groups in total. The molecule has 1 aliphatic heterocycles. The van der Waals surface area contributed by atoms with Crippen LogP contribution >= 0.6 is 44.1 Å². The number of carbonyl (C=O) groups excluding carboxylic acids is 1. The summed E-state index contributed by atoms with van der Waals surface area (Å²) in [4.78, 5) is 11.4. The summed E-state index contributed by atoms with van der Waals surface area (Å²) in [6.45, 7) is 0. The zero-order chi connectivity index (χ0) is 12.6. The number of benzene rings is 1. The van der Waals surface area contributed by atoms with E-state index in [0.717, 1.165) is 5.56 Å². The van der Waals surface area contributed by atoms with Crippen molar-refractivity contribution in [1.82, 2.24) is 10.6 Å². The number of hydrogen-bond acceptors (Lipinski definition) is 3. The van der Waals surface area contributed by atoms with Crippen molar-refractivity contribution < 1.29 is 9.90 Å². The predicted octanol–water partition coefficient (Wildman–Crippen LogP) is 2.26. The van der Waals surface area contributed by atoms with E-state index < -0.39 is 0 Å². The Morgan fingerprint density at radius 2 is 1.82 bits per heavy atom. The lowest BCUT2D eigenvalue weighted by molar-refractivity contribution is -0.115. The predicted molar refractivity (Wildman–Crippen MR) is 75.4 cm³/mol. The lowest BCUT2D eigenvalue weighted by Crippen LogP contribution is -2.21. The smallest absolute Gasteiger partial charge is 0.273 e. The van der Waals surface area contributed by atoms with Gasteiger partial charge in [-0.2, -0.15) is 0 Å². The molecule has 1 aliphatic rings. The molecule has 0 radical (unpaired) electrons. The summed E-state index contributed by atoms with van der Waals surface area (Å²) in [6.07, 6.45) is 1.64. The Morgan fingerprint density at radius 1 is 1.24 bits per heavy atom. The number of amides is 1. The van der Waals surface area contributed by atoms with Crippen molar-refractivity contribution in [3.8, 4) is 5.75 Å². The fraction of sp³-hybridized carbons (Fsp3) is 0. The first-order valence-corrected chi connectivity index (χ1v) is 6.49. The minimum Gasteiger partial charge on any atom is -0.506 e. The number of phenolic OH excluding ortho intramolecular Hbond substituents is 1. The largest absolute Gasteiger partial charge is 0.506 e. The average Bonchev–Trinajstić information content (AvgIpc) is 2.54. The molecule has 0 unspecified atom stereocenters. The van der Waals surface area contributed by atoms with Crippen LogP contribution in [0.1, 0.15) is 5.56 Å². The molecule has 0 spiro atoms. The van der Waals surface area contributed by atoms with Gasteiger partial charge in [-0.25, -0.2) is 0 Å². The number of phenols is 1. The van der Waals surface area contributed by atoms with Gasteiger partial charge in [0, 0.05) is 0 Å². The Kier molecular flexibility index (Phi) is 3.50. The highest BCUT2D eigenvalue weighted by atomic mass is 79.9. The summed E-state index contributed by atoms with van der Waals surface area (Å²) in [6, 6.07) is 3.40. The van der Waals surface area contributed by atoms with E-state index in [2.05, 4.69) is 42.5 Å². The van der Waals surface area contributed by atoms with Gasteiger partial charge >= 0.3 is 0 Å². The summed E-state index contributed by atoms with van der Waals surface area (Å²) >= 11 is 11.3. The van der Waals surface area contributed by atoms with Crippen LogP contribution in [0.25, 0.3) is 6.08 Å². The monoisotopic (exact) mass is 376 g/mol. The zero-order valence-corrected chi connectivity index (χ0v) is 12.2. The van der Waals surface area contributed by atoms with Crippen LogP contribution in [-0.4, -0.2) is 16.1 Å². The van der Waals surface area contributed by atoms with Crippen molar-refractivity contribution in [2.24, 2.45) is 0 Å². The summed E-state index contributed by atoms with van der Waals surface area (Å²) in [5.74, 6) is -0.151. The molecule has 0 bridgehead atoms. The van der Waals surface area contributed by atoms with E-state index in [0.29, 0.717) is 14.6 Å². The third kappa shape index (κ3) is 2.67. The van der Waals surface area contributed by atoms with Crippen LogP contribution in [0.4, 0.5) is 0 Å². The highest BCUT2D eigenvalue weighted by Gasteiger charge is 2.20. The SMILES string of the molecule is O=C1NC(=S)NC1=Cc1cc(Br)c(O)c(Br)c1. The van der Waals surface area contributed by atoms with Gasteiger partial charge < -0.3 is 10.4 Å². The second kappa shape index (κ2) is 4.75. The first kappa shape index (κ1) is 12.5. The van der Waals surface area contributed by atoms with Crippen LogP contribution in [-0.2, 0) is 4.79 Å². The van der Waals surface area contributed by atoms with Gasteiger partial charge in [-0.3, -0.25) is 10.1 Å². The highest BCUT2D eigenvalue weighted by Crippen LogP contribution is 2.33. The van der Waals surface area contributed by atoms with Gasteiger partial charge in [0.25, 0.3) is 5.91 Å². The Hall–Kier alpha value is -0.920. The summed E-state index contributed by atoms with van der Waals surface area (Å²) in [5, 5.41) is 15.1. The topological polar surface area (TPSA) is 61.4 Å². The first-order valence-electron chi connectivity index (χ1n) is 4.49. The van der Waals surface area contributed by atoms with Crippen LogP contribution < -0.4 is 10.6 Å².